The minimum atomic E-state index is -3.74. The van der Waals surface area contributed by atoms with Crippen LogP contribution in [-0.2, 0) is 14.8 Å². The van der Waals surface area contributed by atoms with Gasteiger partial charge in [0.05, 0.1) is 16.3 Å². The fraction of sp³-hybridized carbons (Fsp3) is 0.200. The number of benzene rings is 2. The first-order valence-corrected chi connectivity index (χ1v) is 10.1. The van der Waals surface area contributed by atoms with Gasteiger partial charge >= 0.3 is 0 Å². The molecular formula is C20H20FN3O3S. The Balaban J connectivity index is 2.29. The van der Waals surface area contributed by atoms with Crippen LogP contribution in [0, 0.1) is 5.82 Å². The predicted molar refractivity (Wildman–Crippen MR) is 108 cm³/mol. The molecule has 0 saturated carbocycles. The normalized spacial score (nSPS) is 12.7. The lowest BCUT2D eigenvalue weighted by atomic mass is 9.96. The molecule has 6 nitrogen and oxygen atoms in total. The Morgan fingerprint density at radius 3 is 2.46 bits per heavy atom. The highest BCUT2D eigenvalue weighted by atomic mass is 32.2. The quantitative estimate of drug-likeness (QED) is 0.662. The van der Waals surface area contributed by atoms with Gasteiger partial charge in [0, 0.05) is 0 Å². The van der Waals surface area contributed by atoms with Crippen LogP contribution < -0.4 is 5.73 Å². The highest BCUT2D eigenvalue weighted by molar-refractivity contribution is 7.90. The van der Waals surface area contributed by atoms with Gasteiger partial charge in [-0.1, -0.05) is 18.2 Å². The van der Waals surface area contributed by atoms with Crippen molar-refractivity contribution in [2.45, 2.75) is 26.0 Å². The molecule has 2 aromatic carbocycles. The van der Waals surface area contributed by atoms with Crippen LogP contribution in [-0.4, -0.2) is 28.4 Å². The van der Waals surface area contributed by atoms with E-state index in [2.05, 4.69) is 4.98 Å². The molecule has 8 heteroatoms. The molecule has 146 valence electrons. The average molecular weight is 401 g/mol. The van der Waals surface area contributed by atoms with Crippen molar-refractivity contribution in [2.75, 3.05) is 5.73 Å². The van der Waals surface area contributed by atoms with E-state index in [0.29, 0.717) is 27.7 Å². The highest BCUT2D eigenvalue weighted by Crippen LogP contribution is 2.29. The van der Waals surface area contributed by atoms with Crippen molar-refractivity contribution in [2.24, 2.45) is 0 Å². The Bertz CT molecular complexity index is 1210. The van der Waals surface area contributed by atoms with E-state index in [4.69, 9.17) is 5.73 Å². The van der Waals surface area contributed by atoms with Crippen LogP contribution in [0.1, 0.15) is 31.9 Å². The third-order valence-corrected chi connectivity index (χ3v) is 6.37. The molecule has 0 unspecified atom stereocenters. The Morgan fingerprint density at radius 2 is 1.86 bits per heavy atom. The number of rotatable bonds is 5. The van der Waals surface area contributed by atoms with Crippen LogP contribution in [0.4, 0.5) is 10.3 Å². The number of aromatic nitrogens is 2. The number of anilines is 1. The highest BCUT2D eigenvalue weighted by Gasteiger charge is 2.24. The molecule has 0 atom stereocenters. The van der Waals surface area contributed by atoms with E-state index < -0.39 is 21.1 Å². The summed E-state index contributed by atoms with van der Waals surface area (Å²) in [5.41, 5.74) is 8.10. The van der Waals surface area contributed by atoms with Gasteiger partial charge in [-0.3, -0.25) is 4.79 Å². The first-order valence-electron chi connectivity index (χ1n) is 8.62. The number of imidazole rings is 1. The smallest absolute Gasteiger partial charge is 0.244 e. The number of nitrogen functional groups attached to an aromatic ring is 1. The second kappa shape index (κ2) is 7.20. The fourth-order valence-corrected chi connectivity index (χ4v) is 4.05. The zero-order chi connectivity index (χ0) is 20.6. The van der Waals surface area contributed by atoms with Gasteiger partial charge in [-0.2, -0.15) is 0 Å². The Hall–Kier alpha value is -3.00. The number of carbonyl (C=O) groups is 1. The molecule has 2 N–H and O–H groups in total. The molecule has 0 radical (unpaired) electrons. The van der Waals surface area contributed by atoms with Gasteiger partial charge in [0.2, 0.25) is 16.0 Å². The van der Waals surface area contributed by atoms with Gasteiger partial charge in [0.15, 0.2) is 5.78 Å². The van der Waals surface area contributed by atoms with Gasteiger partial charge in [-0.25, -0.2) is 21.8 Å². The number of fused-ring (bicyclic) bond motifs is 1. The molecule has 0 aliphatic rings. The molecule has 0 bridgehead atoms. The monoisotopic (exact) mass is 401 g/mol. The molecule has 1 aromatic heterocycles. The maximum Gasteiger partial charge on any atom is 0.244 e. The van der Waals surface area contributed by atoms with Crippen LogP contribution in [0.2, 0.25) is 0 Å². The number of hydrogen-bond donors (Lipinski definition) is 1. The first-order chi connectivity index (χ1) is 13.1. The molecule has 0 spiro atoms. The van der Waals surface area contributed by atoms with Gasteiger partial charge in [-0.15, -0.1) is 0 Å². The zero-order valence-electron chi connectivity index (χ0n) is 15.7. The molecule has 0 amide bonds. The third kappa shape index (κ3) is 3.55. The Kier molecular flexibility index (Phi) is 5.08. The van der Waals surface area contributed by atoms with E-state index in [1.165, 1.54) is 25.1 Å². The third-order valence-electron chi connectivity index (χ3n) is 4.28. The van der Waals surface area contributed by atoms with Gasteiger partial charge in [0.25, 0.3) is 0 Å². The summed E-state index contributed by atoms with van der Waals surface area (Å²) in [5.74, 6) is -0.796. The lowest BCUT2D eigenvalue weighted by molar-refractivity contribution is -0.112. The summed E-state index contributed by atoms with van der Waals surface area (Å²) < 4.78 is 40.2. The van der Waals surface area contributed by atoms with Gasteiger partial charge < -0.3 is 5.73 Å². The Labute approximate surface area is 162 Å². The summed E-state index contributed by atoms with van der Waals surface area (Å²) in [5, 5.41) is -0.702. The van der Waals surface area contributed by atoms with Crippen LogP contribution in [0.5, 0.6) is 0 Å². The molecule has 0 fully saturated rings. The molecule has 3 rings (SSSR count). The zero-order valence-corrected chi connectivity index (χ0v) is 16.5. The lowest BCUT2D eigenvalue weighted by Gasteiger charge is -2.12. The minimum Gasteiger partial charge on any atom is -0.368 e. The summed E-state index contributed by atoms with van der Waals surface area (Å²) in [7, 11) is -3.74. The summed E-state index contributed by atoms with van der Waals surface area (Å²) in [4.78, 5) is 15.9. The van der Waals surface area contributed by atoms with Gasteiger partial charge in [-0.05, 0) is 67.8 Å². The van der Waals surface area contributed by atoms with E-state index in [0.717, 1.165) is 3.97 Å². The standard InChI is InChI=1S/C20H20FN3O3S/c1-12(2)28(26,27)24-19-11-15(7-8-18(19)23-20(24)22)17(9-13(3)25)14-5-4-6-16(21)10-14/h4-12H,1-3H3,(H2,22,23). The van der Waals surface area contributed by atoms with E-state index in [9.17, 15) is 17.6 Å². The second-order valence-corrected chi connectivity index (χ2v) is 9.05. The van der Waals surface area contributed by atoms with Crippen molar-refractivity contribution in [1.29, 1.82) is 0 Å². The summed E-state index contributed by atoms with van der Waals surface area (Å²) in [6, 6.07) is 10.8. The molecule has 0 aliphatic heterocycles. The van der Waals surface area contributed by atoms with Crippen LogP contribution in [0.15, 0.2) is 48.5 Å². The first kappa shape index (κ1) is 19.8. The van der Waals surface area contributed by atoms with Crippen molar-refractivity contribution in [3.05, 3.63) is 65.5 Å². The van der Waals surface area contributed by atoms with E-state index >= 15 is 0 Å². The van der Waals surface area contributed by atoms with Crippen molar-refractivity contribution in [3.63, 3.8) is 0 Å². The average Bonchev–Trinajstić information content (AvgIpc) is 2.94. The van der Waals surface area contributed by atoms with Crippen LogP contribution in [0.25, 0.3) is 16.6 Å². The summed E-state index contributed by atoms with van der Waals surface area (Å²) in [6.45, 7) is 4.50. The minimum absolute atomic E-state index is 0.135. The maximum atomic E-state index is 13.7. The SMILES string of the molecule is CC(=O)C=C(c1cccc(F)c1)c1ccc2nc(N)n(S(=O)(=O)C(C)C)c2c1. The van der Waals surface area contributed by atoms with Crippen molar-refractivity contribution < 1.29 is 17.6 Å². The maximum absolute atomic E-state index is 13.7. The van der Waals surface area contributed by atoms with E-state index in [1.807, 2.05) is 0 Å². The van der Waals surface area contributed by atoms with E-state index in [1.54, 1.807) is 44.2 Å². The second-order valence-electron chi connectivity index (χ2n) is 6.71. The molecule has 3 aromatic rings. The van der Waals surface area contributed by atoms with Gasteiger partial charge in [0.1, 0.15) is 5.82 Å². The molecule has 0 aliphatic carbocycles. The van der Waals surface area contributed by atoms with Crippen molar-refractivity contribution in [3.8, 4) is 0 Å². The number of carbonyl (C=O) groups excluding carboxylic acids is 1. The lowest BCUT2D eigenvalue weighted by Crippen LogP contribution is -2.23. The van der Waals surface area contributed by atoms with Crippen molar-refractivity contribution >= 4 is 38.4 Å². The van der Waals surface area contributed by atoms with Crippen LogP contribution >= 0.6 is 0 Å². The van der Waals surface area contributed by atoms with E-state index in [-0.39, 0.29) is 11.7 Å². The summed E-state index contributed by atoms with van der Waals surface area (Å²) >= 11 is 0. The number of allylic oxidation sites excluding steroid dienone is 1. The van der Waals surface area contributed by atoms with Crippen LogP contribution in [0.3, 0.4) is 0 Å². The topological polar surface area (TPSA) is 95.1 Å². The molecule has 0 saturated heterocycles. The fourth-order valence-electron chi connectivity index (χ4n) is 2.91. The summed E-state index contributed by atoms with van der Waals surface area (Å²) in [6.07, 6.45) is 1.39. The Morgan fingerprint density at radius 1 is 1.18 bits per heavy atom. The molecule has 28 heavy (non-hydrogen) atoms. The number of ketones is 1. The number of hydrogen-bond acceptors (Lipinski definition) is 5. The molecular weight excluding hydrogens is 381 g/mol. The largest absolute Gasteiger partial charge is 0.368 e. The predicted octanol–water partition coefficient (Wildman–Crippen LogP) is 3.36. The van der Waals surface area contributed by atoms with Crippen molar-refractivity contribution in [1.82, 2.24) is 8.96 Å². The number of halogens is 1. The number of nitrogens with zero attached hydrogens (tertiary/aromatic N) is 2. The number of nitrogens with two attached hydrogens (primary N) is 1. The molecule has 1 heterocycles.